The molecule has 2 aromatic rings. The van der Waals surface area contributed by atoms with Gasteiger partial charge in [-0.1, -0.05) is 18.2 Å². The van der Waals surface area contributed by atoms with Crippen LogP contribution < -0.4 is 15.6 Å². The van der Waals surface area contributed by atoms with Gasteiger partial charge in [0, 0.05) is 30.9 Å². The first-order valence-electron chi connectivity index (χ1n) is 6.31. The molecule has 0 atom stereocenters. The zero-order valence-electron chi connectivity index (χ0n) is 11.2. The quantitative estimate of drug-likeness (QED) is 0.896. The Kier molecular flexibility index (Phi) is 4.23. The second kappa shape index (κ2) is 6.09. The van der Waals surface area contributed by atoms with Gasteiger partial charge in [0.25, 0.3) is 5.56 Å². The zero-order chi connectivity index (χ0) is 13.7. The number of hydrogen-bond donors (Lipinski definition) is 1. The van der Waals surface area contributed by atoms with Crippen LogP contribution in [0.4, 0.5) is 5.69 Å². The Labute approximate surface area is 112 Å². The maximum Gasteiger partial charge on any atom is 0.250 e. The summed E-state index contributed by atoms with van der Waals surface area (Å²) in [5.41, 5.74) is 2.02. The summed E-state index contributed by atoms with van der Waals surface area (Å²) in [5.74, 6) is 0.860. The summed E-state index contributed by atoms with van der Waals surface area (Å²) in [7, 11) is 1.66. The predicted octanol–water partition coefficient (Wildman–Crippen LogP) is 2.49. The molecule has 0 spiro atoms. The molecule has 0 aliphatic carbocycles. The number of ether oxygens (including phenoxy) is 1. The highest BCUT2D eigenvalue weighted by Gasteiger charge is 2.02. The van der Waals surface area contributed by atoms with E-state index in [9.17, 15) is 4.79 Å². The van der Waals surface area contributed by atoms with E-state index < -0.39 is 0 Å². The number of aromatic nitrogens is 1. The van der Waals surface area contributed by atoms with E-state index in [1.165, 1.54) is 0 Å². The van der Waals surface area contributed by atoms with E-state index in [0.29, 0.717) is 13.1 Å². The molecule has 19 heavy (non-hydrogen) atoms. The maximum absolute atomic E-state index is 11.5. The molecule has 1 aromatic carbocycles. The molecule has 1 heterocycles. The first kappa shape index (κ1) is 13.2. The minimum atomic E-state index is 0.0188. The standard InChI is InChI=1S/C15H18N2O2/c1-3-17-11-13(8-9-15(17)18)16-10-12-6-4-5-7-14(12)19-2/h4-9,11,16H,3,10H2,1-2H3. The Balaban J connectivity index is 2.12. The average molecular weight is 258 g/mol. The largest absolute Gasteiger partial charge is 0.496 e. The summed E-state index contributed by atoms with van der Waals surface area (Å²) in [6.45, 7) is 3.28. The molecule has 0 amide bonds. The highest BCUT2D eigenvalue weighted by Crippen LogP contribution is 2.18. The number of benzene rings is 1. The van der Waals surface area contributed by atoms with Crippen molar-refractivity contribution < 1.29 is 4.74 Å². The summed E-state index contributed by atoms with van der Waals surface area (Å²) in [5, 5.41) is 3.30. The van der Waals surface area contributed by atoms with Crippen LogP contribution in [0.3, 0.4) is 0 Å². The molecule has 0 unspecified atom stereocenters. The van der Waals surface area contributed by atoms with Crippen molar-refractivity contribution in [3.05, 3.63) is 58.5 Å². The van der Waals surface area contributed by atoms with Gasteiger partial charge in [0.15, 0.2) is 0 Å². The SMILES string of the molecule is CCn1cc(NCc2ccccc2OC)ccc1=O. The lowest BCUT2D eigenvalue weighted by Crippen LogP contribution is -2.17. The van der Waals surface area contributed by atoms with Crippen molar-refractivity contribution in [1.29, 1.82) is 0 Å². The van der Waals surface area contributed by atoms with Crippen LogP contribution in [0.25, 0.3) is 0 Å². The topological polar surface area (TPSA) is 43.3 Å². The highest BCUT2D eigenvalue weighted by atomic mass is 16.5. The van der Waals surface area contributed by atoms with Gasteiger partial charge in [-0.2, -0.15) is 0 Å². The van der Waals surface area contributed by atoms with Gasteiger partial charge in [-0.15, -0.1) is 0 Å². The van der Waals surface area contributed by atoms with Gasteiger partial charge in [-0.05, 0) is 19.1 Å². The highest BCUT2D eigenvalue weighted by molar-refractivity contribution is 5.43. The van der Waals surface area contributed by atoms with Crippen LogP contribution in [0, 0.1) is 0 Å². The molecule has 0 aliphatic rings. The molecular formula is C15H18N2O2. The Hall–Kier alpha value is -2.23. The summed E-state index contributed by atoms with van der Waals surface area (Å²) in [6, 6.07) is 11.2. The number of anilines is 1. The molecule has 1 aromatic heterocycles. The molecule has 0 fully saturated rings. The van der Waals surface area contributed by atoms with E-state index in [4.69, 9.17) is 4.74 Å². The van der Waals surface area contributed by atoms with Crippen LogP contribution >= 0.6 is 0 Å². The van der Waals surface area contributed by atoms with Gasteiger partial charge in [0.2, 0.25) is 0 Å². The fourth-order valence-electron chi connectivity index (χ4n) is 1.93. The minimum absolute atomic E-state index is 0.0188. The monoisotopic (exact) mass is 258 g/mol. The lowest BCUT2D eigenvalue weighted by atomic mass is 10.2. The first-order chi connectivity index (χ1) is 9.24. The van der Waals surface area contributed by atoms with Crippen molar-refractivity contribution in [3.8, 4) is 5.75 Å². The molecule has 0 bridgehead atoms. The second-order valence-corrected chi connectivity index (χ2v) is 4.21. The van der Waals surface area contributed by atoms with Gasteiger partial charge in [-0.25, -0.2) is 0 Å². The number of para-hydroxylation sites is 1. The molecule has 0 saturated heterocycles. The number of hydrogen-bond acceptors (Lipinski definition) is 3. The number of rotatable bonds is 5. The van der Waals surface area contributed by atoms with Gasteiger partial charge in [0.1, 0.15) is 5.75 Å². The van der Waals surface area contributed by atoms with E-state index >= 15 is 0 Å². The van der Waals surface area contributed by atoms with E-state index in [-0.39, 0.29) is 5.56 Å². The van der Waals surface area contributed by atoms with Crippen molar-refractivity contribution in [2.45, 2.75) is 20.0 Å². The number of nitrogens with zero attached hydrogens (tertiary/aromatic N) is 1. The Morgan fingerprint density at radius 2 is 2.00 bits per heavy atom. The molecule has 2 rings (SSSR count). The fourth-order valence-corrected chi connectivity index (χ4v) is 1.93. The molecule has 1 N–H and O–H groups in total. The molecule has 100 valence electrons. The lowest BCUT2D eigenvalue weighted by Gasteiger charge is -2.11. The third kappa shape index (κ3) is 3.16. The fraction of sp³-hybridized carbons (Fsp3) is 0.267. The third-order valence-corrected chi connectivity index (χ3v) is 3.00. The smallest absolute Gasteiger partial charge is 0.250 e. The molecular weight excluding hydrogens is 240 g/mol. The molecule has 0 radical (unpaired) electrons. The van der Waals surface area contributed by atoms with Gasteiger partial charge < -0.3 is 14.6 Å². The van der Waals surface area contributed by atoms with Crippen molar-refractivity contribution >= 4 is 5.69 Å². The van der Waals surface area contributed by atoms with E-state index in [2.05, 4.69) is 5.32 Å². The Morgan fingerprint density at radius 3 is 2.74 bits per heavy atom. The van der Waals surface area contributed by atoms with Crippen molar-refractivity contribution in [1.82, 2.24) is 4.57 Å². The zero-order valence-corrected chi connectivity index (χ0v) is 11.2. The second-order valence-electron chi connectivity index (χ2n) is 4.21. The van der Waals surface area contributed by atoms with Crippen LogP contribution in [0.1, 0.15) is 12.5 Å². The van der Waals surface area contributed by atoms with Crippen LogP contribution in [-0.2, 0) is 13.1 Å². The van der Waals surface area contributed by atoms with Gasteiger partial charge in [0.05, 0.1) is 12.8 Å². The molecule has 0 saturated carbocycles. The van der Waals surface area contributed by atoms with Gasteiger partial charge in [-0.3, -0.25) is 4.79 Å². The van der Waals surface area contributed by atoms with Crippen LogP contribution in [0.2, 0.25) is 0 Å². The number of aryl methyl sites for hydroxylation is 1. The summed E-state index contributed by atoms with van der Waals surface area (Å²) >= 11 is 0. The predicted molar refractivity (Wildman–Crippen MR) is 76.7 cm³/mol. The number of nitrogens with one attached hydrogen (secondary N) is 1. The van der Waals surface area contributed by atoms with Crippen LogP contribution in [0.5, 0.6) is 5.75 Å². The van der Waals surface area contributed by atoms with E-state index in [1.54, 1.807) is 23.8 Å². The average Bonchev–Trinajstić information content (AvgIpc) is 2.46. The minimum Gasteiger partial charge on any atom is -0.496 e. The first-order valence-corrected chi connectivity index (χ1v) is 6.31. The molecule has 4 heteroatoms. The maximum atomic E-state index is 11.5. The number of pyridine rings is 1. The van der Waals surface area contributed by atoms with Crippen molar-refractivity contribution in [2.24, 2.45) is 0 Å². The van der Waals surface area contributed by atoms with Crippen LogP contribution in [0.15, 0.2) is 47.4 Å². The van der Waals surface area contributed by atoms with Crippen molar-refractivity contribution in [3.63, 3.8) is 0 Å². The summed E-state index contributed by atoms with van der Waals surface area (Å²) < 4.78 is 6.97. The normalized spacial score (nSPS) is 10.2. The number of methoxy groups -OCH3 is 1. The Bertz CT molecular complexity index is 605. The third-order valence-electron chi connectivity index (χ3n) is 3.00. The summed E-state index contributed by atoms with van der Waals surface area (Å²) in [4.78, 5) is 11.5. The van der Waals surface area contributed by atoms with E-state index in [0.717, 1.165) is 17.0 Å². The Morgan fingerprint density at radius 1 is 1.21 bits per heavy atom. The van der Waals surface area contributed by atoms with E-state index in [1.807, 2.05) is 37.4 Å². The van der Waals surface area contributed by atoms with Gasteiger partial charge >= 0.3 is 0 Å². The van der Waals surface area contributed by atoms with Crippen LogP contribution in [-0.4, -0.2) is 11.7 Å². The molecule has 0 aliphatic heterocycles. The lowest BCUT2D eigenvalue weighted by molar-refractivity contribution is 0.410. The van der Waals surface area contributed by atoms with Crippen molar-refractivity contribution in [2.75, 3.05) is 12.4 Å². The summed E-state index contributed by atoms with van der Waals surface area (Å²) in [6.07, 6.45) is 1.83. The molecule has 4 nitrogen and oxygen atoms in total.